The molecule has 0 spiro atoms. The number of hydrogen-bond acceptors (Lipinski definition) is 4. The number of aromatic nitrogens is 1. The van der Waals surface area contributed by atoms with E-state index in [9.17, 15) is 4.79 Å². The summed E-state index contributed by atoms with van der Waals surface area (Å²) in [5.74, 6) is 0.402. The number of anilines is 1. The Morgan fingerprint density at radius 2 is 1.92 bits per heavy atom. The molecule has 0 saturated carbocycles. The average molecular weight is 367 g/mol. The third-order valence-corrected chi connectivity index (χ3v) is 4.02. The van der Waals surface area contributed by atoms with Crippen molar-refractivity contribution in [1.29, 1.82) is 0 Å². The van der Waals surface area contributed by atoms with Crippen molar-refractivity contribution in [1.82, 2.24) is 10.3 Å². The minimum absolute atomic E-state index is 0.138. The minimum atomic E-state index is -0.510. The van der Waals surface area contributed by atoms with Crippen LogP contribution in [0.2, 0.25) is 0 Å². The van der Waals surface area contributed by atoms with Crippen molar-refractivity contribution in [2.45, 2.75) is 27.7 Å². The summed E-state index contributed by atoms with van der Waals surface area (Å²) in [5.41, 5.74) is 3.77. The van der Waals surface area contributed by atoms with Gasteiger partial charge in [-0.3, -0.25) is 4.79 Å². The quantitative estimate of drug-likeness (QED) is 0.645. The molecule has 0 radical (unpaired) electrons. The maximum atomic E-state index is 12.0. The Balaban J connectivity index is 1.79. The van der Waals surface area contributed by atoms with E-state index < -0.39 is 5.41 Å². The zero-order valence-electron chi connectivity index (χ0n) is 15.2. The Hall–Kier alpha value is -2.73. The van der Waals surface area contributed by atoms with Gasteiger partial charge in [0.05, 0.1) is 0 Å². The van der Waals surface area contributed by atoms with Gasteiger partial charge < -0.3 is 15.1 Å². The number of rotatable bonds is 2. The lowest BCUT2D eigenvalue weighted by molar-refractivity contribution is -0.126. The smallest absolute Gasteiger partial charge is 0.231 e. The van der Waals surface area contributed by atoms with Crippen molar-refractivity contribution in [2.24, 2.45) is 5.41 Å². The van der Waals surface area contributed by atoms with Gasteiger partial charge in [0.2, 0.25) is 11.8 Å². The maximum absolute atomic E-state index is 12.0. The first-order valence-electron chi connectivity index (χ1n) is 8.32. The highest BCUT2D eigenvalue weighted by atomic mass is 32.1. The Kier molecular flexibility index (Phi) is 4.78. The van der Waals surface area contributed by atoms with Crippen LogP contribution in [0.1, 0.15) is 26.3 Å². The second-order valence-electron chi connectivity index (χ2n) is 7.23. The zero-order valence-corrected chi connectivity index (χ0v) is 16.0. The van der Waals surface area contributed by atoms with Gasteiger partial charge in [-0.1, -0.05) is 32.9 Å². The predicted molar refractivity (Wildman–Crippen MR) is 108 cm³/mol. The number of nitrogens with zero attached hydrogens (tertiary/aromatic N) is 1. The van der Waals surface area contributed by atoms with Crippen LogP contribution in [0.5, 0.6) is 0 Å². The molecule has 0 aliphatic carbocycles. The third kappa shape index (κ3) is 4.08. The molecule has 5 nitrogen and oxygen atoms in total. The first-order chi connectivity index (χ1) is 12.2. The number of nitrogens with one attached hydrogen (secondary N) is 2. The van der Waals surface area contributed by atoms with E-state index in [1.54, 1.807) is 0 Å². The number of aryl methyl sites for hydroxylation is 1. The van der Waals surface area contributed by atoms with Crippen LogP contribution in [-0.2, 0) is 4.79 Å². The third-order valence-electron chi connectivity index (χ3n) is 3.82. The molecule has 0 fully saturated rings. The normalized spacial score (nSPS) is 11.4. The van der Waals surface area contributed by atoms with Gasteiger partial charge in [-0.05, 0) is 55.0 Å². The fourth-order valence-electron chi connectivity index (χ4n) is 2.34. The summed E-state index contributed by atoms with van der Waals surface area (Å²) < 4.78 is 5.84. The van der Waals surface area contributed by atoms with Crippen molar-refractivity contribution in [3.05, 3.63) is 48.0 Å². The molecular weight excluding hydrogens is 346 g/mol. The number of carbonyl (C=O) groups is 1. The van der Waals surface area contributed by atoms with E-state index in [0.29, 0.717) is 5.89 Å². The lowest BCUT2D eigenvalue weighted by Crippen LogP contribution is -2.41. The highest BCUT2D eigenvalue weighted by Crippen LogP contribution is 2.26. The summed E-state index contributed by atoms with van der Waals surface area (Å²) in [6.07, 6.45) is 0. The van der Waals surface area contributed by atoms with Crippen LogP contribution in [-0.4, -0.2) is 16.0 Å². The van der Waals surface area contributed by atoms with Crippen LogP contribution in [0.15, 0.2) is 46.9 Å². The first-order valence-corrected chi connectivity index (χ1v) is 8.73. The monoisotopic (exact) mass is 367 g/mol. The van der Waals surface area contributed by atoms with Crippen molar-refractivity contribution >= 4 is 40.0 Å². The van der Waals surface area contributed by atoms with E-state index in [4.69, 9.17) is 16.6 Å². The summed E-state index contributed by atoms with van der Waals surface area (Å²) in [6, 6.07) is 13.4. The summed E-state index contributed by atoms with van der Waals surface area (Å²) in [4.78, 5) is 16.6. The lowest BCUT2D eigenvalue weighted by atomic mass is 9.96. The minimum Gasteiger partial charge on any atom is -0.436 e. The van der Waals surface area contributed by atoms with Crippen LogP contribution in [0, 0.1) is 12.3 Å². The standard InChI is InChI=1S/C20H21N3O2S/c1-12-8-9-16-15(10-12)22-17(25-16)13-6-5-7-14(11-13)21-19(26)23-18(24)20(2,3)4/h5-11H,1-4H3,(H2,21,23,24,26). The number of amides is 1. The van der Waals surface area contributed by atoms with Gasteiger partial charge in [0.15, 0.2) is 10.7 Å². The number of fused-ring (bicyclic) bond motifs is 1. The molecule has 0 aliphatic rings. The van der Waals surface area contributed by atoms with Gasteiger partial charge >= 0.3 is 0 Å². The molecule has 2 N–H and O–H groups in total. The predicted octanol–water partition coefficient (Wildman–Crippen LogP) is 4.66. The van der Waals surface area contributed by atoms with Gasteiger partial charge in [0.1, 0.15) is 5.52 Å². The SMILES string of the molecule is Cc1ccc2oc(-c3cccc(NC(=S)NC(=O)C(C)(C)C)c3)nc2c1. The van der Waals surface area contributed by atoms with Crippen LogP contribution in [0.3, 0.4) is 0 Å². The van der Waals surface area contributed by atoms with Gasteiger partial charge in [-0.15, -0.1) is 0 Å². The molecule has 134 valence electrons. The molecule has 1 aromatic heterocycles. The van der Waals surface area contributed by atoms with Crippen molar-refractivity contribution in [3.63, 3.8) is 0 Å². The van der Waals surface area contributed by atoms with E-state index in [2.05, 4.69) is 15.6 Å². The summed E-state index contributed by atoms with van der Waals surface area (Å²) in [5, 5.41) is 5.99. The van der Waals surface area contributed by atoms with Gasteiger partial charge in [-0.25, -0.2) is 4.98 Å². The number of benzene rings is 2. The number of oxazole rings is 1. The van der Waals surface area contributed by atoms with Crippen LogP contribution in [0.25, 0.3) is 22.6 Å². The van der Waals surface area contributed by atoms with Crippen molar-refractivity contribution in [2.75, 3.05) is 5.32 Å². The molecule has 1 heterocycles. The molecule has 0 bridgehead atoms. The van der Waals surface area contributed by atoms with Crippen LogP contribution < -0.4 is 10.6 Å². The second kappa shape index (κ2) is 6.88. The largest absolute Gasteiger partial charge is 0.436 e. The molecule has 3 aromatic rings. The molecule has 3 rings (SSSR count). The van der Waals surface area contributed by atoms with Crippen molar-refractivity contribution < 1.29 is 9.21 Å². The summed E-state index contributed by atoms with van der Waals surface area (Å²) >= 11 is 5.23. The Bertz CT molecular complexity index is 986. The van der Waals surface area contributed by atoms with Crippen molar-refractivity contribution in [3.8, 4) is 11.5 Å². The number of hydrogen-bond donors (Lipinski definition) is 2. The molecule has 26 heavy (non-hydrogen) atoms. The average Bonchev–Trinajstić information content (AvgIpc) is 2.97. The highest BCUT2D eigenvalue weighted by Gasteiger charge is 2.22. The van der Waals surface area contributed by atoms with E-state index in [0.717, 1.165) is 27.9 Å². The molecule has 2 aromatic carbocycles. The van der Waals surface area contributed by atoms with Crippen LogP contribution in [0.4, 0.5) is 5.69 Å². The van der Waals surface area contributed by atoms with Crippen LogP contribution >= 0.6 is 12.2 Å². The molecule has 0 saturated heterocycles. The van der Waals surface area contributed by atoms with Gasteiger partial charge in [0.25, 0.3) is 0 Å². The molecule has 0 atom stereocenters. The fraction of sp³-hybridized carbons (Fsp3) is 0.250. The Labute approximate surface area is 157 Å². The van der Waals surface area contributed by atoms with E-state index in [1.165, 1.54) is 0 Å². The molecule has 0 unspecified atom stereocenters. The van der Waals surface area contributed by atoms with E-state index >= 15 is 0 Å². The highest BCUT2D eigenvalue weighted by molar-refractivity contribution is 7.80. The molecule has 0 aliphatic heterocycles. The Morgan fingerprint density at radius 1 is 1.15 bits per heavy atom. The number of carbonyl (C=O) groups excluding carboxylic acids is 1. The molecular formula is C20H21N3O2S. The van der Waals surface area contributed by atoms with E-state index in [1.807, 2.05) is 70.2 Å². The maximum Gasteiger partial charge on any atom is 0.231 e. The Morgan fingerprint density at radius 3 is 2.65 bits per heavy atom. The summed E-state index contributed by atoms with van der Waals surface area (Å²) in [7, 11) is 0. The van der Waals surface area contributed by atoms with E-state index in [-0.39, 0.29) is 11.0 Å². The first kappa shape index (κ1) is 18.1. The lowest BCUT2D eigenvalue weighted by Gasteiger charge is -2.18. The van der Waals surface area contributed by atoms with Gasteiger partial charge in [-0.2, -0.15) is 0 Å². The van der Waals surface area contributed by atoms with Gasteiger partial charge in [0, 0.05) is 16.7 Å². The molecule has 1 amide bonds. The fourth-order valence-corrected chi connectivity index (χ4v) is 2.55. The number of thiocarbonyl (C=S) groups is 1. The second-order valence-corrected chi connectivity index (χ2v) is 7.64. The topological polar surface area (TPSA) is 67.2 Å². The molecule has 6 heteroatoms. The summed E-state index contributed by atoms with van der Waals surface area (Å²) in [6.45, 7) is 7.52. The zero-order chi connectivity index (χ0) is 18.9.